The molecule has 0 N–H and O–H groups in total. The van der Waals surface area contributed by atoms with E-state index >= 15 is 0 Å². The van der Waals surface area contributed by atoms with Crippen LogP contribution in [0.3, 0.4) is 0 Å². The minimum absolute atomic E-state index is 0.0629. The van der Waals surface area contributed by atoms with Crippen molar-refractivity contribution in [3.63, 3.8) is 0 Å². The van der Waals surface area contributed by atoms with E-state index in [-0.39, 0.29) is 18.4 Å². The Labute approximate surface area is 150 Å². The molecule has 0 saturated heterocycles. The maximum absolute atomic E-state index is 13.0. The summed E-state index contributed by atoms with van der Waals surface area (Å²) in [6.45, 7) is 5.70. The average Bonchev–Trinajstić information content (AvgIpc) is 3.10. The van der Waals surface area contributed by atoms with Gasteiger partial charge in [-0.15, -0.1) is 0 Å². The molecule has 1 amide bonds. The molecule has 126 valence electrons. The second-order valence-corrected chi connectivity index (χ2v) is 7.18. The highest BCUT2D eigenvalue weighted by atomic mass is 35.5. The number of halogens is 1. The van der Waals surface area contributed by atoms with E-state index in [1.54, 1.807) is 28.8 Å². The third kappa shape index (κ3) is 3.49. The molecule has 7 heteroatoms. The number of hydrogen-bond donors (Lipinski definition) is 0. The van der Waals surface area contributed by atoms with Crippen LogP contribution in [-0.2, 0) is 11.2 Å². The fourth-order valence-electron chi connectivity index (χ4n) is 2.52. The van der Waals surface area contributed by atoms with E-state index in [1.165, 1.54) is 0 Å². The largest absolute Gasteiger partial charge is 0.361 e. The monoisotopic (exact) mass is 363 g/mol. The van der Waals surface area contributed by atoms with Crippen LogP contribution >= 0.6 is 23.4 Å². The lowest BCUT2D eigenvalue weighted by atomic mass is 10.1. The first kappa shape index (κ1) is 17.0. The molecule has 1 aliphatic heterocycles. The number of carbonyl (C=O) groups excluding carboxylic acids is 1. The Hall–Kier alpha value is -1.79. The molecule has 3 rings (SSSR count). The van der Waals surface area contributed by atoms with Gasteiger partial charge in [-0.25, -0.2) is 0 Å². The summed E-state index contributed by atoms with van der Waals surface area (Å²) in [5.41, 5.74) is 2.33. The van der Waals surface area contributed by atoms with Gasteiger partial charge >= 0.3 is 0 Å². The highest BCUT2D eigenvalue weighted by Gasteiger charge is 2.28. The van der Waals surface area contributed by atoms with Crippen molar-refractivity contribution in [1.29, 1.82) is 0 Å². The number of anilines is 1. The summed E-state index contributed by atoms with van der Waals surface area (Å²) in [5, 5.41) is 5.28. The Kier molecular flexibility index (Phi) is 4.96. The summed E-state index contributed by atoms with van der Waals surface area (Å²) in [5.74, 6) is 1.48. The number of nitrogens with zero attached hydrogens (tertiary/aromatic N) is 3. The number of benzene rings is 1. The Balaban J connectivity index is 1.93. The summed E-state index contributed by atoms with van der Waals surface area (Å²) >= 11 is 7.57. The number of amidine groups is 1. The molecule has 1 aromatic heterocycles. The molecule has 0 radical (unpaired) electrons. The number of hydrogen-bond acceptors (Lipinski definition) is 5. The highest BCUT2D eigenvalue weighted by molar-refractivity contribution is 8.14. The second kappa shape index (κ2) is 6.99. The van der Waals surface area contributed by atoms with Gasteiger partial charge in [-0.3, -0.25) is 14.7 Å². The third-order valence-corrected chi connectivity index (χ3v) is 5.27. The van der Waals surface area contributed by atoms with E-state index in [0.717, 1.165) is 27.9 Å². The summed E-state index contributed by atoms with van der Waals surface area (Å²) in [7, 11) is 0. The summed E-state index contributed by atoms with van der Waals surface area (Å²) in [6, 6.07) is 7.42. The van der Waals surface area contributed by atoms with Crippen LogP contribution in [0.2, 0.25) is 5.02 Å². The van der Waals surface area contributed by atoms with Crippen molar-refractivity contribution in [2.75, 3.05) is 10.7 Å². The smallest absolute Gasteiger partial charge is 0.237 e. The molecular weight excluding hydrogens is 346 g/mol. The van der Waals surface area contributed by atoms with E-state index in [2.05, 4.69) is 10.1 Å². The predicted molar refractivity (Wildman–Crippen MR) is 98.0 cm³/mol. The first-order valence-corrected chi connectivity index (χ1v) is 9.03. The van der Waals surface area contributed by atoms with Crippen LogP contribution in [0.5, 0.6) is 0 Å². The Morgan fingerprint density at radius 1 is 1.38 bits per heavy atom. The first-order valence-electron chi connectivity index (χ1n) is 7.66. The maximum atomic E-state index is 13.0. The summed E-state index contributed by atoms with van der Waals surface area (Å²) in [4.78, 5) is 19.3. The number of aromatic nitrogens is 1. The fraction of sp³-hybridized carbons (Fsp3) is 0.353. The number of amides is 1. The van der Waals surface area contributed by atoms with Crippen molar-refractivity contribution >= 4 is 40.1 Å². The Morgan fingerprint density at radius 3 is 2.62 bits per heavy atom. The standard InChI is InChI=1S/C17H18ClN3O2S/c1-10-9-24-17(19-10)21(14-6-4-13(18)5-7-14)16(22)8-15-11(2)20-23-12(15)3/h4-7,10H,8-9H2,1-3H3/t10-/m1/s1. The zero-order chi connectivity index (χ0) is 17.3. The van der Waals surface area contributed by atoms with Crippen LogP contribution in [0.1, 0.15) is 23.9 Å². The number of thioether (sulfide) groups is 1. The third-order valence-electron chi connectivity index (χ3n) is 3.82. The van der Waals surface area contributed by atoms with Gasteiger partial charge in [0.05, 0.1) is 23.8 Å². The van der Waals surface area contributed by atoms with Gasteiger partial charge in [0.2, 0.25) is 5.91 Å². The normalized spacial score (nSPS) is 17.0. The zero-order valence-corrected chi connectivity index (χ0v) is 15.3. The molecule has 1 atom stereocenters. The molecule has 24 heavy (non-hydrogen) atoms. The van der Waals surface area contributed by atoms with Crippen LogP contribution in [0, 0.1) is 13.8 Å². The molecule has 0 bridgehead atoms. The molecular formula is C17H18ClN3O2S. The number of aliphatic imine (C=N–C) groups is 1. The van der Waals surface area contributed by atoms with Gasteiger partial charge in [0, 0.05) is 16.3 Å². The SMILES string of the molecule is Cc1noc(C)c1CC(=O)N(C1=N[C@H](C)CS1)c1ccc(Cl)cc1. The molecule has 0 fully saturated rings. The molecule has 5 nitrogen and oxygen atoms in total. The molecule has 1 aliphatic rings. The van der Waals surface area contributed by atoms with Gasteiger partial charge in [0.25, 0.3) is 0 Å². The molecule has 0 unspecified atom stereocenters. The molecule has 0 aliphatic carbocycles. The van der Waals surface area contributed by atoms with Crippen LogP contribution in [-0.4, -0.2) is 28.0 Å². The molecule has 0 spiro atoms. The molecule has 1 aromatic carbocycles. The number of carbonyl (C=O) groups is 1. The predicted octanol–water partition coefficient (Wildman–Crippen LogP) is 4.01. The van der Waals surface area contributed by atoms with E-state index in [1.807, 2.05) is 32.9 Å². The van der Waals surface area contributed by atoms with Crippen LogP contribution in [0.4, 0.5) is 5.69 Å². The average molecular weight is 364 g/mol. The lowest BCUT2D eigenvalue weighted by Gasteiger charge is -2.22. The lowest BCUT2D eigenvalue weighted by molar-refractivity contribution is -0.117. The lowest BCUT2D eigenvalue weighted by Crippen LogP contribution is -2.36. The van der Waals surface area contributed by atoms with Gasteiger partial charge < -0.3 is 4.52 Å². The van der Waals surface area contributed by atoms with E-state index in [4.69, 9.17) is 16.1 Å². The van der Waals surface area contributed by atoms with Crippen molar-refractivity contribution < 1.29 is 9.32 Å². The fourth-order valence-corrected chi connectivity index (χ4v) is 3.70. The van der Waals surface area contributed by atoms with Gasteiger partial charge in [-0.1, -0.05) is 28.5 Å². The van der Waals surface area contributed by atoms with E-state index < -0.39 is 0 Å². The van der Waals surface area contributed by atoms with Gasteiger partial charge in [-0.2, -0.15) is 0 Å². The molecule has 0 saturated carbocycles. The topological polar surface area (TPSA) is 58.7 Å². The summed E-state index contributed by atoms with van der Waals surface area (Å²) < 4.78 is 5.17. The van der Waals surface area contributed by atoms with Crippen molar-refractivity contribution in [1.82, 2.24) is 5.16 Å². The second-order valence-electron chi connectivity index (χ2n) is 5.76. The van der Waals surface area contributed by atoms with E-state index in [9.17, 15) is 4.79 Å². The maximum Gasteiger partial charge on any atom is 0.237 e. The van der Waals surface area contributed by atoms with Crippen molar-refractivity contribution in [2.24, 2.45) is 4.99 Å². The van der Waals surface area contributed by atoms with Crippen LogP contribution in [0.15, 0.2) is 33.8 Å². The Bertz CT molecular complexity index is 766. The zero-order valence-electron chi connectivity index (χ0n) is 13.7. The van der Waals surface area contributed by atoms with Crippen LogP contribution < -0.4 is 4.90 Å². The van der Waals surface area contributed by atoms with Gasteiger partial charge in [-0.05, 0) is 45.0 Å². The summed E-state index contributed by atoms with van der Waals surface area (Å²) in [6.07, 6.45) is 0.220. The van der Waals surface area contributed by atoms with Crippen molar-refractivity contribution in [3.05, 3.63) is 46.3 Å². The number of aryl methyl sites for hydroxylation is 2. The highest BCUT2D eigenvalue weighted by Crippen LogP contribution is 2.28. The van der Waals surface area contributed by atoms with Gasteiger partial charge in [0.1, 0.15) is 5.76 Å². The molecule has 2 aromatic rings. The quantitative estimate of drug-likeness (QED) is 0.826. The van der Waals surface area contributed by atoms with Crippen LogP contribution in [0.25, 0.3) is 0 Å². The minimum atomic E-state index is -0.0629. The minimum Gasteiger partial charge on any atom is -0.361 e. The van der Waals surface area contributed by atoms with Crippen molar-refractivity contribution in [3.8, 4) is 0 Å². The number of rotatable bonds is 3. The van der Waals surface area contributed by atoms with Crippen molar-refractivity contribution in [2.45, 2.75) is 33.2 Å². The van der Waals surface area contributed by atoms with Gasteiger partial charge in [0.15, 0.2) is 5.17 Å². The Morgan fingerprint density at radius 2 is 2.08 bits per heavy atom. The first-order chi connectivity index (χ1) is 11.5. The molecule has 2 heterocycles. The van der Waals surface area contributed by atoms with E-state index in [0.29, 0.717) is 10.8 Å².